The van der Waals surface area contributed by atoms with E-state index in [1.54, 1.807) is 0 Å². The maximum atomic E-state index is 2.49. The third kappa shape index (κ3) is 4.79. The SMILES string of the molecule is c1ccc(-n2c3ccccc3c3c4c5ccccc5n(-c5ccccc5-c5ccc6c(c5)c5ccccc5n6-c5ccc6c7ccccc7c7ccccc7c6c5)c4ccc32)cc1. The van der Waals surface area contributed by atoms with E-state index in [2.05, 4.69) is 238 Å². The number of rotatable bonds is 4. The lowest BCUT2D eigenvalue weighted by molar-refractivity contribution is 1.17. The maximum absolute atomic E-state index is 2.49. The number of fused-ring (bicyclic) bond motifs is 16. The van der Waals surface area contributed by atoms with E-state index in [1.165, 1.54) is 109 Å². The van der Waals surface area contributed by atoms with Gasteiger partial charge in [-0.15, -0.1) is 0 Å². The Balaban J connectivity index is 0.993. The molecule has 14 rings (SSSR count). The van der Waals surface area contributed by atoms with Gasteiger partial charge < -0.3 is 13.7 Å². The molecule has 11 aromatic carbocycles. The van der Waals surface area contributed by atoms with Gasteiger partial charge in [-0.1, -0.05) is 152 Å². The summed E-state index contributed by atoms with van der Waals surface area (Å²) >= 11 is 0. The Morgan fingerprint density at radius 1 is 0.222 bits per heavy atom. The molecule has 0 aliphatic carbocycles. The number of hydrogen-bond donors (Lipinski definition) is 0. The molecular weight excluding hydrogens is 763 g/mol. The lowest BCUT2D eigenvalue weighted by Crippen LogP contribution is -1.97. The van der Waals surface area contributed by atoms with Crippen LogP contribution < -0.4 is 0 Å². The lowest BCUT2D eigenvalue weighted by atomic mass is 9.94. The maximum Gasteiger partial charge on any atom is 0.0549 e. The number of aromatic nitrogens is 3. The summed E-state index contributed by atoms with van der Waals surface area (Å²) in [5, 5.41) is 15.2. The van der Waals surface area contributed by atoms with E-state index in [0.29, 0.717) is 0 Å². The summed E-state index contributed by atoms with van der Waals surface area (Å²) in [6.45, 7) is 0. The van der Waals surface area contributed by atoms with Gasteiger partial charge in [-0.2, -0.15) is 0 Å². The lowest BCUT2D eigenvalue weighted by Gasteiger charge is -2.15. The van der Waals surface area contributed by atoms with Crippen LogP contribution in [0.4, 0.5) is 0 Å². The first-order valence-electron chi connectivity index (χ1n) is 21.8. The number of hydrogen-bond acceptors (Lipinski definition) is 0. The van der Waals surface area contributed by atoms with Crippen molar-refractivity contribution < 1.29 is 0 Å². The molecule has 0 fully saturated rings. The molecular formula is C60H37N3. The van der Waals surface area contributed by atoms with Gasteiger partial charge in [0.15, 0.2) is 0 Å². The number of benzene rings is 11. The molecule has 0 aliphatic heterocycles. The molecule has 3 aromatic heterocycles. The Morgan fingerprint density at radius 3 is 1.33 bits per heavy atom. The molecule has 3 heterocycles. The topological polar surface area (TPSA) is 14.8 Å². The van der Waals surface area contributed by atoms with Crippen molar-refractivity contribution in [3.63, 3.8) is 0 Å². The standard InChI is InChI=1S/C60H37N3/c1-2-16-39(17-3-1)61-54-28-14-10-24-48(54)59-57(61)34-35-58-60(59)49-25-11-15-29-55(49)63(58)52-26-12-8-18-41(52)38-30-33-56-51(36-38)47-23-9-13-27-53(47)62(56)40-31-32-46-44-21-5-4-19-42(44)43-20-6-7-22-45(43)50(46)37-40/h1-37H. The minimum absolute atomic E-state index is 1.16. The van der Waals surface area contributed by atoms with Crippen molar-refractivity contribution in [1.29, 1.82) is 0 Å². The van der Waals surface area contributed by atoms with E-state index >= 15 is 0 Å². The Labute approximate surface area is 362 Å². The van der Waals surface area contributed by atoms with Crippen molar-refractivity contribution >= 4 is 97.7 Å². The van der Waals surface area contributed by atoms with E-state index in [9.17, 15) is 0 Å². The zero-order valence-electron chi connectivity index (χ0n) is 34.2. The highest BCUT2D eigenvalue weighted by Gasteiger charge is 2.22. The van der Waals surface area contributed by atoms with Gasteiger partial charge in [0.05, 0.1) is 38.8 Å². The second-order valence-electron chi connectivity index (χ2n) is 16.8. The Morgan fingerprint density at radius 2 is 0.667 bits per heavy atom. The van der Waals surface area contributed by atoms with Crippen molar-refractivity contribution in [3.05, 3.63) is 224 Å². The van der Waals surface area contributed by atoms with Crippen LogP contribution in [-0.2, 0) is 0 Å². The molecule has 0 radical (unpaired) electrons. The molecule has 0 spiro atoms. The molecule has 0 saturated carbocycles. The highest BCUT2D eigenvalue weighted by Crippen LogP contribution is 2.45. The van der Waals surface area contributed by atoms with Gasteiger partial charge in [-0.05, 0) is 111 Å². The molecule has 63 heavy (non-hydrogen) atoms. The summed E-state index contributed by atoms with van der Waals surface area (Å²) in [6, 6.07) is 82.7. The molecule has 0 bridgehead atoms. The first kappa shape index (κ1) is 34.3. The van der Waals surface area contributed by atoms with Crippen molar-refractivity contribution in [2.75, 3.05) is 0 Å². The van der Waals surface area contributed by atoms with Gasteiger partial charge in [0.25, 0.3) is 0 Å². The summed E-state index contributed by atoms with van der Waals surface area (Å²) in [5.41, 5.74) is 13.1. The van der Waals surface area contributed by atoms with Crippen LogP contribution in [0.25, 0.3) is 126 Å². The number of nitrogens with zero attached hydrogens (tertiary/aromatic N) is 3. The Bertz CT molecular complexity index is 4160. The van der Waals surface area contributed by atoms with Crippen LogP contribution in [0, 0.1) is 0 Å². The average molecular weight is 800 g/mol. The molecule has 0 N–H and O–H groups in total. The highest BCUT2D eigenvalue weighted by atomic mass is 15.0. The van der Waals surface area contributed by atoms with Crippen molar-refractivity contribution in [1.82, 2.24) is 13.7 Å². The second-order valence-corrected chi connectivity index (χ2v) is 16.8. The third-order valence-corrected chi connectivity index (χ3v) is 13.6. The fourth-order valence-corrected chi connectivity index (χ4v) is 11.0. The molecule has 0 unspecified atom stereocenters. The van der Waals surface area contributed by atoms with E-state index in [0.717, 1.165) is 17.1 Å². The van der Waals surface area contributed by atoms with Gasteiger partial charge in [0.2, 0.25) is 0 Å². The molecule has 292 valence electrons. The molecule has 3 nitrogen and oxygen atoms in total. The van der Waals surface area contributed by atoms with Crippen LogP contribution in [0.1, 0.15) is 0 Å². The van der Waals surface area contributed by atoms with Gasteiger partial charge in [-0.3, -0.25) is 0 Å². The van der Waals surface area contributed by atoms with E-state index in [1.807, 2.05) is 0 Å². The van der Waals surface area contributed by atoms with E-state index in [4.69, 9.17) is 0 Å². The molecule has 0 amide bonds. The van der Waals surface area contributed by atoms with E-state index < -0.39 is 0 Å². The smallest absolute Gasteiger partial charge is 0.0549 e. The van der Waals surface area contributed by atoms with Crippen molar-refractivity contribution in [2.45, 2.75) is 0 Å². The van der Waals surface area contributed by atoms with Crippen molar-refractivity contribution in [2.24, 2.45) is 0 Å². The Kier molecular flexibility index (Phi) is 7.11. The molecule has 0 saturated heterocycles. The van der Waals surface area contributed by atoms with Crippen LogP contribution in [0.5, 0.6) is 0 Å². The zero-order chi connectivity index (χ0) is 41.2. The molecule has 0 aliphatic rings. The number of para-hydroxylation sites is 5. The minimum atomic E-state index is 1.16. The summed E-state index contributed by atoms with van der Waals surface area (Å²) < 4.78 is 7.36. The highest BCUT2D eigenvalue weighted by molar-refractivity contribution is 6.29. The quantitative estimate of drug-likeness (QED) is 0.158. The van der Waals surface area contributed by atoms with Crippen LogP contribution in [-0.4, -0.2) is 13.7 Å². The fraction of sp³-hybridized carbons (Fsp3) is 0. The van der Waals surface area contributed by atoms with E-state index in [-0.39, 0.29) is 0 Å². The third-order valence-electron chi connectivity index (χ3n) is 13.6. The monoisotopic (exact) mass is 799 g/mol. The first-order chi connectivity index (χ1) is 31.3. The van der Waals surface area contributed by atoms with Gasteiger partial charge >= 0.3 is 0 Å². The van der Waals surface area contributed by atoms with Gasteiger partial charge in [0, 0.05) is 49.3 Å². The molecule has 14 aromatic rings. The summed E-state index contributed by atoms with van der Waals surface area (Å²) in [4.78, 5) is 0. The van der Waals surface area contributed by atoms with Crippen LogP contribution in [0.3, 0.4) is 0 Å². The van der Waals surface area contributed by atoms with Crippen LogP contribution in [0.15, 0.2) is 224 Å². The second kappa shape index (κ2) is 13.1. The van der Waals surface area contributed by atoms with Crippen LogP contribution in [0.2, 0.25) is 0 Å². The van der Waals surface area contributed by atoms with Crippen LogP contribution >= 0.6 is 0 Å². The van der Waals surface area contributed by atoms with Gasteiger partial charge in [0.1, 0.15) is 0 Å². The summed E-state index contributed by atoms with van der Waals surface area (Å²) in [5.74, 6) is 0. The average Bonchev–Trinajstić information content (AvgIpc) is 3.99. The fourth-order valence-electron chi connectivity index (χ4n) is 11.0. The summed E-state index contributed by atoms with van der Waals surface area (Å²) in [6.07, 6.45) is 0. The molecule has 3 heteroatoms. The predicted molar refractivity (Wildman–Crippen MR) is 267 cm³/mol. The summed E-state index contributed by atoms with van der Waals surface area (Å²) in [7, 11) is 0. The first-order valence-corrected chi connectivity index (χ1v) is 21.8. The van der Waals surface area contributed by atoms with Gasteiger partial charge in [-0.25, -0.2) is 0 Å². The normalized spacial score (nSPS) is 12.1. The Hall–Kier alpha value is -8.40. The zero-order valence-corrected chi connectivity index (χ0v) is 34.2. The predicted octanol–water partition coefficient (Wildman–Crippen LogP) is 16.1. The largest absolute Gasteiger partial charge is 0.309 e. The van der Waals surface area contributed by atoms with Crippen molar-refractivity contribution in [3.8, 4) is 28.2 Å². The molecule has 0 atom stereocenters. The minimum Gasteiger partial charge on any atom is -0.309 e.